The number of halogens is 1. The maximum atomic E-state index is 12.6. The first-order valence-corrected chi connectivity index (χ1v) is 8.35. The van der Waals surface area contributed by atoms with Crippen LogP contribution in [0.3, 0.4) is 0 Å². The zero-order chi connectivity index (χ0) is 18.1. The predicted molar refractivity (Wildman–Crippen MR) is 101 cm³/mol. The number of fused-ring (bicyclic) bond motifs is 1. The van der Waals surface area contributed by atoms with Gasteiger partial charge < -0.3 is 5.32 Å². The summed E-state index contributed by atoms with van der Waals surface area (Å²) in [5, 5.41) is 3.21. The molecule has 4 aromatic rings. The zero-order valence-corrected chi connectivity index (χ0v) is 14.6. The molecule has 2 aromatic carbocycles. The Balaban J connectivity index is 1.72. The van der Waals surface area contributed by atoms with Crippen molar-refractivity contribution >= 4 is 22.5 Å². The number of nitrogens with zero attached hydrogens (tertiary/aromatic N) is 4. The second kappa shape index (κ2) is 6.55. The van der Waals surface area contributed by atoms with Gasteiger partial charge in [0.05, 0.1) is 23.4 Å². The van der Waals surface area contributed by atoms with Crippen molar-refractivity contribution in [3.05, 3.63) is 71.8 Å². The van der Waals surface area contributed by atoms with Crippen LogP contribution >= 0.6 is 0 Å². The lowest BCUT2D eigenvalue weighted by Gasteiger charge is -2.09. The van der Waals surface area contributed by atoms with E-state index < -0.39 is 6.67 Å². The number of imidazole rings is 1. The fraction of sp³-hybridized carbons (Fsp3) is 0.150. The normalized spacial score (nSPS) is 11.0. The quantitative estimate of drug-likeness (QED) is 0.584. The highest BCUT2D eigenvalue weighted by Crippen LogP contribution is 2.23. The Bertz CT molecular complexity index is 1070. The molecule has 0 unspecified atom stereocenters. The Hall–Kier alpha value is -3.28. The van der Waals surface area contributed by atoms with Crippen LogP contribution in [0.2, 0.25) is 0 Å². The average Bonchev–Trinajstić information content (AvgIpc) is 3.00. The summed E-state index contributed by atoms with van der Waals surface area (Å²) in [6.07, 6.45) is 3.38. The SMILES string of the molecule is Cc1cccc2c1nc(C)n2-c1cncc(Nc2ccc(CF)cc2)n1. The van der Waals surface area contributed by atoms with Gasteiger partial charge in [0, 0.05) is 5.69 Å². The fourth-order valence-corrected chi connectivity index (χ4v) is 2.99. The molecule has 6 heteroatoms. The Kier molecular flexibility index (Phi) is 4.08. The molecule has 2 heterocycles. The summed E-state index contributed by atoms with van der Waals surface area (Å²) in [5.41, 5.74) is 4.57. The number of aryl methyl sites for hydroxylation is 2. The van der Waals surface area contributed by atoms with Gasteiger partial charge in [-0.15, -0.1) is 0 Å². The van der Waals surface area contributed by atoms with Crippen LogP contribution in [-0.4, -0.2) is 19.5 Å². The van der Waals surface area contributed by atoms with Crippen LogP contribution in [-0.2, 0) is 6.67 Å². The van der Waals surface area contributed by atoms with Crippen molar-refractivity contribution in [1.29, 1.82) is 0 Å². The molecule has 130 valence electrons. The van der Waals surface area contributed by atoms with Crippen molar-refractivity contribution in [2.45, 2.75) is 20.5 Å². The number of hydrogen-bond acceptors (Lipinski definition) is 4. The number of rotatable bonds is 4. The third kappa shape index (κ3) is 2.90. The minimum Gasteiger partial charge on any atom is -0.339 e. The minimum absolute atomic E-state index is 0.470. The first-order valence-electron chi connectivity index (χ1n) is 8.35. The van der Waals surface area contributed by atoms with Crippen molar-refractivity contribution in [3.8, 4) is 5.82 Å². The molecule has 0 atom stereocenters. The Morgan fingerprint density at radius 1 is 1.00 bits per heavy atom. The lowest BCUT2D eigenvalue weighted by Crippen LogP contribution is -2.03. The van der Waals surface area contributed by atoms with Gasteiger partial charge in [0.1, 0.15) is 12.5 Å². The van der Waals surface area contributed by atoms with Gasteiger partial charge in [-0.2, -0.15) is 0 Å². The van der Waals surface area contributed by atoms with E-state index in [0.29, 0.717) is 17.2 Å². The molecule has 4 rings (SSSR count). The average molecular weight is 347 g/mol. The van der Waals surface area contributed by atoms with E-state index >= 15 is 0 Å². The lowest BCUT2D eigenvalue weighted by molar-refractivity contribution is 0.485. The van der Waals surface area contributed by atoms with Gasteiger partial charge in [0.15, 0.2) is 11.6 Å². The van der Waals surface area contributed by atoms with Crippen molar-refractivity contribution in [2.75, 3.05) is 5.32 Å². The van der Waals surface area contributed by atoms with Gasteiger partial charge in [-0.3, -0.25) is 9.55 Å². The summed E-state index contributed by atoms with van der Waals surface area (Å²) in [5.74, 6) is 2.17. The first-order chi connectivity index (χ1) is 12.7. The van der Waals surface area contributed by atoms with Crippen LogP contribution in [0.25, 0.3) is 16.9 Å². The van der Waals surface area contributed by atoms with Crippen LogP contribution < -0.4 is 5.32 Å². The van der Waals surface area contributed by atoms with E-state index in [1.165, 1.54) is 0 Å². The predicted octanol–water partition coefficient (Wildman–Crippen LogP) is 4.65. The van der Waals surface area contributed by atoms with Crippen LogP contribution in [0.15, 0.2) is 54.9 Å². The third-order valence-electron chi connectivity index (χ3n) is 4.29. The molecule has 0 saturated heterocycles. The van der Waals surface area contributed by atoms with Crippen LogP contribution in [0.4, 0.5) is 15.9 Å². The number of hydrogen-bond donors (Lipinski definition) is 1. The molecular formula is C20H18FN5. The van der Waals surface area contributed by atoms with Crippen LogP contribution in [0.1, 0.15) is 17.0 Å². The van der Waals surface area contributed by atoms with Gasteiger partial charge in [-0.1, -0.05) is 24.3 Å². The highest BCUT2D eigenvalue weighted by molar-refractivity contribution is 5.81. The molecule has 0 aliphatic carbocycles. The van der Waals surface area contributed by atoms with Gasteiger partial charge in [-0.25, -0.2) is 14.4 Å². The third-order valence-corrected chi connectivity index (χ3v) is 4.29. The van der Waals surface area contributed by atoms with E-state index in [2.05, 4.69) is 20.3 Å². The van der Waals surface area contributed by atoms with E-state index in [1.807, 2.05) is 48.7 Å². The molecule has 0 amide bonds. The van der Waals surface area contributed by atoms with Crippen molar-refractivity contribution in [3.63, 3.8) is 0 Å². The molecule has 2 aromatic heterocycles. The van der Waals surface area contributed by atoms with E-state index in [-0.39, 0.29) is 0 Å². The summed E-state index contributed by atoms with van der Waals surface area (Å²) in [7, 11) is 0. The Labute approximate surface area is 150 Å². The summed E-state index contributed by atoms with van der Waals surface area (Å²) < 4.78 is 14.6. The maximum Gasteiger partial charge on any atom is 0.159 e. The molecule has 0 saturated carbocycles. The summed E-state index contributed by atoms with van der Waals surface area (Å²) in [6.45, 7) is 3.53. The van der Waals surface area contributed by atoms with Crippen LogP contribution in [0, 0.1) is 13.8 Å². The molecule has 1 N–H and O–H groups in total. The van der Waals surface area contributed by atoms with E-state index in [9.17, 15) is 4.39 Å². The minimum atomic E-state index is -0.470. The number of aromatic nitrogens is 4. The van der Waals surface area contributed by atoms with Gasteiger partial charge >= 0.3 is 0 Å². The summed E-state index contributed by atoms with van der Waals surface area (Å²) in [6, 6.07) is 13.2. The highest BCUT2D eigenvalue weighted by atomic mass is 19.1. The topological polar surface area (TPSA) is 55.6 Å². The van der Waals surface area contributed by atoms with Crippen molar-refractivity contribution in [1.82, 2.24) is 19.5 Å². The molecule has 0 spiro atoms. The molecule has 0 aliphatic heterocycles. The summed E-state index contributed by atoms with van der Waals surface area (Å²) in [4.78, 5) is 13.6. The number of benzene rings is 2. The fourth-order valence-electron chi connectivity index (χ4n) is 2.99. The second-order valence-corrected chi connectivity index (χ2v) is 6.16. The Morgan fingerprint density at radius 3 is 2.58 bits per heavy atom. The zero-order valence-electron chi connectivity index (χ0n) is 14.6. The molecule has 5 nitrogen and oxygen atoms in total. The van der Waals surface area contributed by atoms with E-state index in [1.54, 1.807) is 24.5 Å². The van der Waals surface area contributed by atoms with E-state index in [0.717, 1.165) is 28.1 Å². The highest BCUT2D eigenvalue weighted by Gasteiger charge is 2.12. The molecule has 0 aliphatic rings. The van der Waals surface area contributed by atoms with Crippen LogP contribution in [0.5, 0.6) is 0 Å². The van der Waals surface area contributed by atoms with Crippen molar-refractivity contribution < 1.29 is 4.39 Å². The number of anilines is 2. The molecule has 0 fully saturated rings. The van der Waals surface area contributed by atoms with E-state index in [4.69, 9.17) is 0 Å². The lowest BCUT2D eigenvalue weighted by atomic mass is 10.2. The molecule has 0 bridgehead atoms. The summed E-state index contributed by atoms with van der Waals surface area (Å²) >= 11 is 0. The monoisotopic (exact) mass is 347 g/mol. The second-order valence-electron chi connectivity index (χ2n) is 6.16. The molecule has 0 radical (unpaired) electrons. The first kappa shape index (κ1) is 16.2. The van der Waals surface area contributed by atoms with Gasteiger partial charge in [-0.05, 0) is 43.2 Å². The molecule has 26 heavy (non-hydrogen) atoms. The maximum absolute atomic E-state index is 12.6. The van der Waals surface area contributed by atoms with Gasteiger partial charge in [0.25, 0.3) is 0 Å². The standard InChI is InChI=1S/C20H18FN5/c1-13-4-3-5-17-20(13)23-14(2)26(17)19-12-22-11-18(25-19)24-16-8-6-15(10-21)7-9-16/h3-9,11-12H,10H2,1-2H3,(H,24,25). The van der Waals surface area contributed by atoms with Crippen molar-refractivity contribution in [2.24, 2.45) is 0 Å². The largest absolute Gasteiger partial charge is 0.339 e. The number of nitrogens with one attached hydrogen (secondary N) is 1. The Morgan fingerprint density at radius 2 is 1.81 bits per heavy atom. The number of alkyl halides is 1. The smallest absolute Gasteiger partial charge is 0.159 e. The number of para-hydroxylation sites is 1. The molecular weight excluding hydrogens is 329 g/mol. The van der Waals surface area contributed by atoms with Gasteiger partial charge in [0.2, 0.25) is 0 Å².